The Bertz CT molecular complexity index is 451. The molecule has 4 heteroatoms. The minimum absolute atomic E-state index is 0.188. The number of nitrogens with zero attached hydrogens (tertiary/aromatic N) is 2. The van der Waals surface area contributed by atoms with Crippen molar-refractivity contribution in [3.05, 3.63) is 18.0 Å². The molecule has 1 saturated carbocycles. The lowest BCUT2D eigenvalue weighted by Crippen LogP contribution is -2.42. The molecule has 0 aromatic carbocycles. The van der Waals surface area contributed by atoms with Gasteiger partial charge < -0.3 is 10.1 Å². The second kappa shape index (κ2) is 6.49. The third-order valence-corrected chi connectivity index (χ3v) is 5.31. The smallest absolute Gasteiger partial charge is 0.0686 e. The first kappa shape index (κ1) is 15.0. The van der Waals surface area contributed by atoms with E-state index in [0.717, 1.165) is 19.6 Å². The van der Waals surface area contributed by atoms with Gasteiger partial charge in [-0.2, -0.15) is 5.10 Å². The van der Waals surface area contributed by atoms with Crippen LogP contribution in [0.5, 0.6) is 0 Å². The van der Waals surface area contributed by atoms with Gasteiger partial charge in [-0.3, -0.25) is 4.68 Å². The Balaban J connectivity index is 1.77. The maximum Gasteiger partial charge on any atom is 0.0686 e. The van der Waals surface area contributed by atoms with E-state index in [0.29, 0.717) is 12.0 Å². The fourth-order valence-corrected chi connectivity index (χ4v) is 4.22. The molecule has 1 N–H and O–H groups in total. The molecule has 2 heterocycles. The van der Waals surface area contributed by atoms with Crippen molar-refractivity contribution in [3.63, 3.8) is 0 Å². The van der Waals surface area contributed by atoms with Crippen molar-refractivity contribution in [2.75, 3.05) is 13.2 Å². The molecule has 1 aliphatic carbocycles. The van der Waals surface area contributed by atoms with Gasteiger partial charge >= 0.3 is 0 Å². The van der Waals surface area contributed by atoms with E-state index in [9.17, 15) is 0 Å². The van der Waals surface area contributed by atoms with Crippen LogP contribution in [-0.4, -0.2) is 28.5 Å². The molecule has 1 spiro atoms. The number of aryl methyl sites for hydroxylation is 1. The molecule has 1 saturated heterocycles. The van der Waals surface area contributed by atoms with Crippen LogP contribution in [0.15, 0.2) is 12.3 Å². The molecule has 2 fully saturated rings. The number of nitrogens with one attached hydrogen (secondary N) is 1. The molecule has 21 heavy (non-hydrogen) atoms. The quantitative estimate of drug-likeness (QED) is 0.905. The van der Waals surface area contributed by atoms with Crippen molar-refractivity contribution in [3.8, 4) is 0 Å². The van der Waals surface area contributed by atoms with Crippen LogP contribution in [0.2, 0.25) is 0 Å². The Morgan fingerprint density at radius 3 is 2.95 bits per heavy atom. The maximum absolute atomic E-state index is 6.21. The second-order valence-corrected chi connectivity index (χ2v) is 6.80. The monoisotopic (exact) mass is 291 g/mol. The van der Waals surface area contributed by atoms with Gasteiger partial charge in [-0.1, -0.05) is 19.8 Å². The van der Waals surface area contributed by atoms with Crippen LogP contribution in [0.3, 0.4) is 0 Å². The second-order valence-electron chi connectivity index (χ2n) is 6.80. The zero-order chi connectivity index (χ0) is 14.7. The summed E-state index contributed by atoms with van der Waals surface area (Å²) in [6.45, 7) is 4.22. The van der Waals surface area contributed by atoms with Gasteiger partial charge in [-0.05, 0) is 50.6 Å². The lowest BCUT2D eigenvalue weighted by atomic mass is 9.79. The van der Waals surface area contributed by atoms with Crippen molar-refractivity contribution >= 4 is 0 Å². The van der Waals surface area contributed by atoms with Gasteiger partial charge in [-0.25, -0.2) is 0 Å². The molecular weight excluding hydrogens is 262 g/mol. The van der Waals surface area contributed by atoms with E-state index in [-0.39, 0.29) is 5.60 Å². The van der Waals surface area contributed by atoms with Crippen molar-refractivity contribution in [2.45, 2.75) is 63.5 Å². The normalized spacial score (nSPS) is 26.3. The minimum atomic E-state index is 0.188. The Labute approximate surface area is 128 Å². The molecule has 2 atom stereocenters. The standard InChI is InChI=1S/C17H29N3O/c1-3-10-18-16(15-6-11-19-20(15)2)14-7-12-21-17(13-14)8-4-5-9-17/h6,11,14,16,18H,3-5,7-10,12-13H2,1-2H3. The van der Waals surface area contributed by atoms with E-state index >= 15 is 0 Å². The fraction of sp³-hybridized carbons (Fsp3) is 0.824. The average molecular weight is 291 g/mol. The van der Waals surface area contributed by atoms with Gasteiger partial charge in [0.15, 0.2) is 0 Å². The van der Waals surface area contributed by atoms with Crippen LogP contribution < -0.4 is 5.32 Å². The third kappa shape index (κ3) is 3.16. The summed E-state index contributed by atoms with van der Waals surface area (Å²) in [4.78, 5) is 0. The molecule has 118 valence electrons. The largest absolute Gasteiger partial charge is 0.375 e. The summed E-state index contributed by atoms with van der Waals surface area (Å²) in [6.07, 6.45) is 10.7. The molecule has 2 aliphatic rings. The van der Waals surface area contributed by atoms with Crippen LogP contribution in [-0.2, 0) is 11.8 Å². The summed E-state index contributed by atoms with van der Waals surface area (Å²) in [7, 11) is 2.06. The van der Waals surface area contributed by atoms with Gasteiger partial charge in [0.05, 0.1) is 17.3 Å². The van der Waals surface area contributed by atoms with Crippen LogP contribution in [0.1, 0.15) is 63.6 Å². The number of hydrogen-bond acceptors (Lipinski definition) is 3. The summed E-state index contributed by atoms with van der Waals surface area (Å²) in [5, 5.41) is 8.15. The van der Waals surface area contributed by atoms with Crippen molar-refractivity contribution in [1.29, 1.82) is 0 Å². The van der Waals surface area contributed by atoms with Gasteiger partial charge in [0.1, 0.15) is 0 Å². The molecule has 1 aromatic rings. The van der Waals surface area contributed by atoms with E-state index < -0.39 is 0 Å². The average Bonchev–Trinajstić information content (AvgIpc) is 3.10. The highest BCUT2D eigenvalue weighted by molar-refractivity contribution is 5.10. The topological polar surface area (TPSA) is 39.1 Å². The SMILES string of the molecule is CCCNC(c1ccnn1C)C1CCOC2(CCCC2)C1. The third-order valence-electron chi connectivity index (χ3n) is 5.31. The Hall–Kier alpha value is -0.870. The summed E-state index contributed by atoms with van der Waals surface area (Å²) in [6, 6.07) is 2.59. The number of ether oxygens (including phenoxy) is 1. The maximum atomic E-state index is 6.21. The highest BCUT2D eigenvalue weighted by atomic mass is 16.5. The Morgan fingerprint density at radius 2 is 2.29 bits per heavy atom. The van der Waals surface area contributed by atoms with E-state index in [1.54, 1.807) is 0 Å². The first-order chi connectivity index (χ1) is 10.2. The van der Waals surface area contributed by atoms with Crippen LogP contribution >= 0.6 is 0 Å². The summed E-state index contributed by atoms with van der Waals surface area (Å²) < 4.78 is 8.24. The first-order valence-corrected chi connectivity index (χ1v) is 8.59. The molecule has 2 unspecified atom stereocenters. The predicted molar refractivity (Wildman–Crippen MR) is 84.1 cm³/mol. The predicted octanol–water partition coefficient (Wildman–Crippen LogP) is 3.20. The van der Waals surface area contributed by atoms with E-state index in [1.165, 1.54) is 44.2 Å². The summed E-state index contributed by atoms with van der Waals surface area (Å²) in [5.41, 5.74) is 1.51. The molecule has 1 aliphatic heterocycles. The molecule has 0 bridgehead atoms. The molecule has 4 nitrogen and oxygen atoms in total. The molecule has 0 amide bonds. The van der Waals surface area contributed by atoms with Crippen LogP contribution in [0, 0.1) is 5.92 Å². The zero-order valence-corrected chi connectivity index (χ0v) is 13.5. The van der Waals surface area contributed by atoms with Gasteiger partial charge in [0.2, 0.25) is 0 Å². The summed E-state index contributed by atoms with van der Waals surface area (Å²) >= 11 is 0. The number of aromatic nitrogens is 2. The van der Waals surface area contributed by atoms with Gasteiger partial charge in [0.25, 0.3) is 0 Å². The molecule has 1 aromatic heterocycles. The highest BCUT2D eigenvalue weighted by Gasteiger charge is 2.42. The number of rotatable bonds is 5. The first-order valence-electron chi connectivity index (χ1n) is 8.59. The summed E-state index contributed by atoms with van der Waals surface area (Å²) in [5.74, 6) is 0.666. The Morgan fingerprint density at radius 1 is 1.48 bits per heavy atom. The molecule has 0 radical (unpaired) electrons. The molecule has 3 rings (SSSR count). The van der Waals surface area contributed by atoms with Gasteiger partial charge in [0, 0.05) is 19.9 Å². The molecular formula is C17H29N3O. The lowest BCUT2D eigenvalue weighted by Gasteiger charge is -2.41. The highest BCUT2D eigenvalue weighted by Crippen LogP contribution is 2.45. The minimum Gasteiger partial charge on any atom is -0.375 e. The van der Waals surface area contributed by atoms with Crippen molar-refractivity contribution in [1.82, 2.24) is 15.1 Å². The van der Waals surface area contributed by atoms with Crippen LogP contribution in [0.4, 0.5) is 0 Å². The van der Waals surface area contributed by atoms with E-state index in [4.69, 9.17) is 4.74 Å². The lowest BCUT2D eigenvalue weighted by molar-refractivity contribution is -0.0985. The Kier molecular flexibility index (Phi) is 4.65. The zero-order valence-electron chi connectivity index (χ0n) is 13.5. The van der Waals surface area contributed by atoms with E-state index in [2.05, 4.69) is 30.5 Å². The number of hydrogen-bond donors (Lipinski definition) is 1. The van der Waals surface area contributed by atoms with Crippen LogP contribution in [0.25, 0.3) is 0 Å². The van der Waals surface area contributed by atoms with E-state index in [1.807, 2.05) is 10.9 Å². The van der Waals surface area contributed by atoms with Crippen molar-refractivity contribution < 1.29 is 4.74 Å². The fourth-order valence-electron chi connectivity index (χ4n) is 4.22. The van der Waals surface area contributed by atoms with Crippen molar-refractivity contribution in [2.24, 2.45) is 13.0 Å². The van der Waals surface area contributed by atoms with Gasteiger partial charge in [-0.15, -0.1) is 0 Å².